The van der Waals surface area contributed by atoms with E-state index < -0.39 is 0 Å². The van der Waals surface area contributed by atoms with Crippen molar-refractivity contribution in [1.29, 1.82) is 5.26 Å². The van der Waals surface area contributed by atoms with Crippen LogP contribution in [0.4, 0.5) is 0 Å². The van der Waals surface area contributed by atoms with E-state index in [1.165, 1.54) is 29.5 Å². The van der Waals surface area contributed by atoms with E-state index in [1.54, 1.807) is 0 Å². The predicted octanol–water partition coefficient (Wildman–Crippen LogP) is 3.29. The Balaban J connectivity index is 2.66. The molecule has 15 heavy (non-hydrogen) atoms. The molecule has 0 heterocycles. The molecule has 1 aromatic rings. The summed E-state index contributed by atoms with van der Waals surface area (Å²) in [6, 6.07) is 4.37. The molecule has 0 fully saturated rings. The molecule has 0 bridgehead atoms. The number of nitrogens with zero attached hydrogens (tertiary/aromatic N) is 1. The monoisotopic (exact) mass is 217 g/mol. The number of fused-ring (bicyclic) bond motifs is 1. The van der Waals surface area contributed by atoms with Crippen molar-refractivity contribution >= 4 is 12.6 Å². The van der Waals surface area contributed by atoms with Gasteiger partial charge in [-0.15, -0.1) is 12.6 Å². The normalized spacial score (nSPS) is 14.5. The molecule has 78 valence electrons. The van der Waals surface area contributed by atoms with Crippen molar-refractivity contribution in [2.24, 2.45) is 0 Å². The van der Waals surface area contributed by atoms with E-state index in [9.17, 15) is 0 Å². The second-order valence-electron chi connectivity index (χ2n) is 4.06. The molecule has 1 nitrogen and oxygen atoms in total. The molecule has 0 amide bonds. The van der Waals surface area contributed by atoms with Crippen LogP contribution in [-0.4, -0.2) is 0 Å². The van der Waals surface area contributed by atoms with Gasteiger partial charge in [-0.2, -0.15) is 5.26 Å². The van der Waals surface area contributed by atoms with Gasteiger partial charge >= 0.3 is 0 Å². The Morgan fingerprint density at radius 2 is 2.00 bits per heavy atom. The zero-order valence-corrected chi connectivity index (χ0v) is 9.90. The summed E-state index contributed by atoms with van der Waals surface area (Å²) in [4.78, 5) is 0.856. The Hall–Kier alpha value is -0.940. The average Bonchev–Trinajstić information content (AvgIpc) is 2.28. The van der Waals surface area contributed by atoms with Crippen molar-refractivity contribution in [3.63, 3.8) is 0 Å². The third kappa shape index (κ3) is 1.77. The molecule has 0 radical (unpaired) electrons. The van der Waals surface area contributed by atoms with E-state index >= 15 is 0 Å². The molecular weight excluding hydrogens is 202 g/mol. The quantitative estimate of drug-likeness (QED) is 0.717. The van der Waals surface area contributed by atoms with Crippen LogP contribution in [0.3, 0.4) is 0 Å². The van der Waals surface area contributed by atoms with Gasteiger partial charge in [-0.3, -0.25) is 0 Å². The van der Waals surface area contributed by atoms with Gasteiger partial charge in [0.2, 0.25) is 0 Å². The molecule has 0 N–H and O–H groups in total. The largest absolute Gasteiger partial charge is 0.192 e. The van der Waals surface area contributed by atoms with Gasteiger partial charge in [-0.1, -0.05) is 6.92 Å². The van der Waals surface area contributed by atoms with Crippen LogP contribution < -0.4 is 0 Å². The van der Waals surface area contributed by atoms with E-state index in [-0.39, 0.29) is 0 Å². The molecule has 1 aromatic carbocycles. The fourth-order valence-electron chi connectivity index (χ4n) is 2.45. The SMILES string of the molecule is CCc1cc(S)c(C#N)c2c1CCCC2. The highest BCUT2D eigenvalue weighted by atomic mass is 32.1. The van der Waals surface area contributed by atoms with Gasteiger partial charge < -0.3 is 0 Å². The van der Waals surface area contributed by atoms with Gasteiger partial charge in [0.25, 0.3) is 0 Å². The Kier molecular flexibility index (Phi) is 3.02. The first-order valence-electron chi connectivity index (χ1n) is 5.54. The van der Waals surface area contributed by atoms with E-state index in [4.69, 9.17) is 5.26 Å². The van der Waals surface area contributed by atoms with Gasteiger partial charge in [0, 0.05) is 4.90 Å². The van der Waals surface area contributed by atoms with Crippen molar-refractivity contribution in [2.75, 3.05) is 0 Å². The van der Waals surface area contributed by atoms with Crippen LogP contribution in [0.15, 0.2) is 11.0 Å². The molecule has 1 aliphatic rings. The topological polar surface area (TPSA) is 23.8 Å². The molecule has 1 aliphatic carbocycles. The Morgan fingerprint density at radius 3 is 2.60 bits per heavy atom. The minimum absolute atomic E-state index is 0.810. The number of nitriles is 1. The third-order valence-electron chi connectivity index (χ3n) is 3.22. The summed E-state index contributed by atoms with van der Waals surface area (Å²) < 4.78 is 0. The van der Waals surface area contributed by atoms with E-state index in [0.717, 1.165) is 29.7 Å². The van der Waals surface area contributed by atoms with Gasteiger partial charge in [0.05, 0.1) is 5.56 Å². The summed E-state index contributed by atoms with van der Waals surface area (Å²) >= 11 is 4.41. The summed E-state index contributed by atoms with van der Waals surface area (Å²) in [5, 5.41) is 9.14. The van der Waals surface area contributed by atoms with Crippen LogP contribution in [0.2, 0.25) is 0 Å². The molecule has 2 heteroatoms. The molecular formula is C13H15NS. The standard InChI is InChI=1S/C13H15NS/c1-2-9-7-13(15)12(8-14)11-6-4-3-5-10(9)11/h7,15H,2-6H2,1H3. The Morgan fingerprint density at radius 1 is 1.33 bits per heavy atom. The lowest BCUT2D eigenvalue weighted by atomic mass is 9.84. The van der Waals surface area contributed by atoms with Crippen LogP contribution in [0.1, 0.15) is 42.0 Å². The summed E-state index contributed by atoms with van der Waals surface area (Å²) in [7, 11) is 0. The fraction of sp³-hybridized carbons (Fsp3) is 0.462. The summed E-state index contributed by atoms with van der Waals surface area (Å²) in [6.45, 7) is 2.17. The summed E-state index contributed by atoms with van der Waals surface area (Å²) in [5.41, 5.74) is 4.89. The lowest BCUT2D eigenvalue weighted by Crippen LogP contribution is -2.09. The molecule has 0 unspecified atom stereocenters. The van der Waals surface area contributed by atoms with Crippen molar-refractivity contribution in [2.45, 2.75) is 43.9 Å². The smallest absolute Gasteiger partial charge is 0.101 e. The highest BCUT2D eigenvalue weighted by molar-refractivity contribution is 7.80. The number of thiol groups is 1. The van der Waals surface area contributed by atoms with E-state index in [2.05, 4.69) is 31.7 Å². The number of benzene rings is 1. The number of aryl methyl sites for hydroxylation is 1. The average molecular weight is 217 g/mol. The highest BCUT2D eigenvalue weighted by Crippen LogP contribution is 2.31. The zero-order valence-electron chi connectivity index (χ0n) is 9.01. The lowest BCUT2D eigenvalue weighted by Gasteiger charge is -2.21. The maximum atomic E-state index is 9.14. The van der Waals surface area contributed by atoms with Gasteiger partial charge in [-0.25, -0.2) is 0 Å². The number of rotatable bonds is 1. The van der Waals surface area contributed by atoms with Crippen LogP contribution in [0, 0.1) is 11.3 Å². The zero-order chi connectivity index (χ0) is 10.8. The van der Waals surface area contributed by atoms with Gasteiger partial charge in [-0.05, 0) is 54.9 Å². The molecule has 0 saturated carbocycles. The van der Waals surface area contributed by atoms with Crippen molar-refractivity contribution < 1.29 is 0 Å². The first kappa shape index (κ1) is 10.6. The second-order valence-corrected chi connectivity index (χ2v) is 4.54. The molecule has 2 rings (SSSR count). The van der Waals surface area contributed by atoms with Crippen molar-refractivity contribution in [3.8, 4) is 6.07 Å². The van der Waals surface area contributed by atoms with Crippen molar-refractivity contribution in [3.05, 3.63) is 28.3 Å². The van der Waals surface area contributed by atoms with Crippen LogP contribution >= 0.6 is 12.6 Å². The first-order valence-corrected chi connectivity index (χ1v) is 5.99. The molecule has 0 aromatic heterocycles. The van der Waals surface area contributed by atoms with E-state index in [0.29, 0.717) is 0 Å². The summed E-state index contributed by atoms with van der Waals surface area (Å²) in [5.74, 6) is 0. The summed E-state index contributed by atoms with van der Waals surface area (Å²) in [6.07, 6.45) is 5.71. The first-order chi connectivity index (χ1) is 7.27. The second kappa shape index (κ2) is 4.28. The highest BCUT2D eigenvalue weighted by Gasteiger charge is 2.18. The lowest BCUT2D eigenvalue weighted by molar-refractivity contribution is 0.675. The maximum absolute atomic E-state index is 9.14. The molecule has 0 spiro atoms. The number of hydrogen-bond acceptors (Lipinski definition) is 2. The van der Waals surface area contributed by atoms with Crippen molar-refractivity contribution in [1.82, 2.24) is 0 Å². The maximum Gasteiger partial charge on any atom is 0.101 e. The van der Waals surface area contributed by atoms with Gasteiger partial charge in [0.15, 0.2) is 0 Å². The minimum Gasteiger partial charge on any atom is -0.192 e. The van der Waals surface area contributed by atoms with E-state index in [1.807, 2.05) is 0 Å². The molecule has 0 atom stereocenters. The molecule has 0 saturated heterocycles. The number of hydrogen-bond donors (Lipinski definition) is 1. The fourth-order valence-corrected chi connectivity index (χ4v) is 2.80. The Labute approximate surface area is 96.5 Å². The Bertz CT molecular complexity index is 429. The van der Waals surface area contributed by atoms with Crippen LogP contribution in [0.5, 0.6) is 0 Å². The van der Waals surface area contributed by atoms with Gasteiger partial charge in [0.1, 0.15) is 6.07 Å². The van der Waals surface area contributed by atoms with Crippen LogP contribution in [-0.2, 0) is 19.3 Å². The third-order valence-corrected chi connectivity index (χ3v) is 3.57. The molecule has 0 aliphatic heterocycles. The minimum atomic E-state index is 0.810. The predicted molar refractivity (Wildman–Crippen MR) is 64.4 cm³/mol. The van der Waals surface area contributed by atoms with Crippen LogP contribution in [0.25, 0.3) is 0 Å².